The molecule has 0 aliphatic carbocycles. The number of hydrogen-bond donors (Lipinski definition) is 0. The van der Waals surface area contributed by atoms with Crippen molar-refractivity contribution in [1.82, 2.24) is 4.90 Å². The first kappa shape index (κ1) is 13.9. The molecule has 0 aromatic heterocycles. The summed E-state index contributed by atoms with van der Waals surface area (Å²) < 4.78 is 12.1. The number of benzene rings is 1. The Labute approximate surface area is 115 Å². The number of aryl methyl sites for hydroxylation is 1. The molecule has 2 rings (SSSR count). The molecule has 5 heteroatoms. The van der Waals surface area contributed by atoms with Crippen LogP contribution >= 0.6 is 0 Å². The second kappa shape index (κ2) is 6.10. The molecular formula is C14H17NO3S. The van der Waals surface area contributed by atoms with Gasteiger partial charge in [0, 0.05) is 30.8 Å². The third kappa shape index (κ3) is 3.73. The minimum atomic E-state index is -1.31. The van der Waals surface area contributed by atoms with Crippen LogP contribution in [0, 0.1) is 6.92 Å². The number of ketones is 1. The number of piperidine rings is 1. The lowest BCUT2D eigenvalue weighted by Crippen LogP contribution is -2.40. The Hall–Kier alpha value is -1.49. The van der Waals surface area contributed by atoms with E-state index in [9.17, 15) is 13.8 Å². The largest absolute Gasteiger partial charge is 0.341 e. The van der Waals surface area contributed by atoms with Crippen LogP contribution in [0.2, 0.25) is 0 Å². The van der Waals surface area contributed by atoms with E-state index in [2.05, 4.69) is 0 Å². The molecule has 0 radical (unpaired) electrons. The monoisotopic (exact) mass is 279 g/mol. The van der Waals surface area contributed by atoms with Crippen LogP contribution in [0.3, 0.4) is 0 Å². The van der Waals surface area contributed by atoms with Crippen LogP contribution in [0.25, 0.3) is 0 Å². The number of nitrogens with zero attached hydrogens (tertiary/aromatic N) is 1. The van der Waals surface area contributed by atoms with Crippen LogP contribution in [0.1, 0.15) is 18.4 Å². The van der Waals surface area contributed by atoms with Crippen molar-refractivity contribution in [1.29, 1.82) is 0 Å². The Morgan fingerprint density at radius 3 is 2.37 bits per heavy atom. The van der Waals surface area contributed by atoms with Gasteiger partial charge in [0.15, 0.2) is 0 Å². The summed E-state index contributed by atoms with van der Waals surface area (Å²) in [5.41, 5.74) is 1.10. The Morgan fingerprint density at radius 1 is 1.21 bits per heavy atom. The number of carbonyl (C=O) groups is 2. The fraction of sp³-hybridized carbons (Fsp3) is 0.429. The maximum atomic E-state index is 12.1. The maximum Gasteiger partial charge on any atom is 0.235 e. The standard InChI is InChI=1S/C14H17NO3S/c1-11-2-4-13(5-3-11)19(18)10-14(17)15-8-6-12(16)7-9-15/h2-5H,6-10H2,1H3. The molecule has 0 spiro atoms. The molecule has 1 aromatic rings. The molecule has 1 saturated heterocycles. The van der Waals surface area contributed by atoms with Gasteiger partial charge in [-0.3, -0.25) is 13.8 Å². The van der Waals surface area contributed by atoms with Crippen LogP contribution in [0.5, 0.6) is 0 Å². The van der Waals surface area contributed by atoms with Gasteiger partial charge in [0.05, 0.1) is 10.8 Å². The van der Waals surface area contributed by atoms with Gasteiger partial charge in [-0.15, -0.1) is 0 Å². The minimum absolute atomic E-state index is 0.00273. The molecule has 0 saturated carbocycles. The van der Waals surface area contributed by atoms with Gasteiger partial charge in [0.1, 0.15) is 11.5 Å². The summed E-state index contributed by atoms with van der Waals surface area (Å²) in [5, 5.41) is 0. The molecule has 4 nitrogen and oxygen atoms in total. The lowest BCUT2D eigenvalue weighted by molar-refractivity contribution is -0.132. The van der Waals surface area contributed by atoms with Crippen LogP contribution in [0.15, 0.2) is 29.2 Å². The lowest BCUT2D eigenvalue weighted by Gasteiger charge is -2.25. The Balaban J connectivity index is 1.93. The third-order valence-electron chi connectivity index (χ3n) is 3.21. The SMILES string of the molecule is Cc1ccc(S(=O)CC(=O)N2CCC(=O)CC2)cc1. The molecule has 1 fully saturated rings. The summed E-state index contributed by atoms with van der Waals surface area (Å²) in [6, 6.07) is 7.35. The van der Waals surface area contributed by atoms with Crippen LogP contribution in [0.4, 0.5) is 0 Å². The van der Waals surface area contributed by atoms with E-state index in [1.165, 1.54) is 0 Å². The topological polar surface area (TPSA) is 54.5 Å². The van der Waals surface area contributed by atoms with E-state index in [0.717, 1.165) is 5.56 Å². The van der Waals surface area contributed by atoms with Crippen molar-refractivity contribution >= 4 is 22.5 Å². The fourth-order valence-electron chi connectivity index (χ4n) is 1.98. The van der Waals surface area contributed by atoms with Crippen molar-refractivity contribution in [2.45, 2.75) is 24.7 Å². The number of likely N-dealkylation sites (tertiary alicyclic amines) is 1. The number of carbonyl (C=O) groups excluding carboxylic acids is 2. The number of amides is 1. The van der Waals surface area contributed by atoms with Gasteiger partial charge >= 0.3 is 0 Å². The molecule has 102 valence electrons. The summed E-state index contributed by atoms with van der Waals surface area (Å²) in [6.07, 6.45) is 0.839. The lowest BCUT2D eigenvalue weighted by atomic mass is 10.1. The van der Waals surface area contributed by atoms with Crippen LogP contribution in [-0.2, 0) is 20.4 Å². The average Bonchev–Trinajstić information content (AvgIpc) is 2.40. The van der Waals surface area contributed by atoms with Crippen molar-refractivity contribution in [2.24, 2.45) is 0 Å². The van der Waals surface area contributed by atoms with Gasteiger partial charge in [-0.05, 0) is 19.1 Å². The van der Waals surface area contributed by atoms with E-state index in [1.807, 2.05) is 19.1 Å². The molecule has 0 bridgehead atoms. The second-order valence-electron chi connectivity index (χ2n) is 4.72. The van der Waals surface area contributed by atoms with Gasteiger partial charge in [-0.25, -0.2) is 0 Å². The van der Waals surface area contributed by atoms with Crippen LogP contribution in [-0.4, -0.2) is 39.6 Å². The predicted molar refractivity (Wildman–Crippen MR) is 73.3 cm³/mol. The zero-order valence-electron chi connectivity index (χ0n) is 10.9. The van der Waals surface area contributed by atoms with E-state index in [1.54, 1.807) is 17.0 Å². The summed E-state index contributed by atoms with van der Waals surface area (Å²) >= 11 is 0. The highest BCUT2D eigenvalue weighted by Crippen LogP contribution is 2.11. The Morgan fingerprint density at radius 2 is 1.79 bits per heavy atom. The van der Waals surface area contributed by atoms with E-state index in [0.29, 0.717) is 30.8 Å². The molecule has 1 heterocycles. The number of hydrogen-bond acceptors (Lipinski definition) is 3. The van der Waals surface area contributed by atoms with Gasteiger partial charge in [-0.2, -0.15) is 0 Å². The number of Topliss-reactive ketones (excluding diaryl/α,β-unsaturated/α-hetero) is 1. The second-order valence-corrected chi connectivity index (χ2v) is 6.17. The van der Waals surface area contributed by atoms with Crippen molar-refractivity contribution in [2.75, 3.05) is 18.8 Å². The van der Waals surface area contributed by atoms with Gasteiger partial charge in [-0.1, -0.05) is 17.7 Å². The Bertz CT molecular complexity index is 500. The van der Waals surface area contributed by atoms with Gasteiger partial charge in [0.2, 0.25) is 5.91 Å². The first-order valence-corrected chi connectivity index (χ1v) is 7.62. The van der Waals surface area contributed by atoms with Gasteiger partial charge < -0.3 is 4.90 Å². The van der Waals surface area contributed by atoms with Gasteiger partial charge in [0.25, 0.3) is 0 Å². The van der Waals surface area contributed by atoms with E-state index < -0.39 is 10.8 Å². The molecule has 1 aliphatic rings. The normalized spacial score (nSPS) is 17.3. The van der Waals surface area contributed by atoms with Crippen molar-refractivity contribution in [3.05, 3.63) is 29.8 Å². The summed E-state index contributed by atoms with van der Waals surface area (Å²) in [5.74, 6) is 0.0622. The maximum absolute atomic E-state index is 12.1. The summed E-state index contributed by atoms with van der Waals surface area (Å²) in [4.78, 5) is 25.4. The third-order valence-corrected chi connectivity index (χ3v) is 4.52. The van der Waals surface area contributed by atoms with Crippen LogP contribution < -0.4 is 0 Å². The van der Waals surface area contributed by atoms with E-state index in [4.69, 9.17) is 0 Å². The zero-order valence-corrected chi connectivity index (χ0v) is 11.7. The summed E-state index contributed by atoms with van der Waals surface area (Å²) in [7, 11) is -1.31. The minimum Gasteiger partial charge on any atom is -0.341 e. The zero-order chi connectivity index (χ0) is 13.8. The molecule has 1 unspecified atom stereocenters. The molecule has 1 aromatic carbocycles. The average molecular weight is 279 g/mol. The molecule has 1 atom stereocenters. The van der Waals surface area contributed by atoms with E-state index in [-0.39, 0.29) is 17.4 Å². The molecule has 0 N–H and O–H groups in total. The molecule has 19 heavy (non-hydrogen) atoms. The van der Waals surface area contributed by atoms with E-state index >= 15 is 0 Å². The molecule has 1 amide bonds. The highest BCUT2D eigenvalue weighted by molar-refractivity contribution is 7.85. The predicted octanol–water partition coefficient (Wildman–Crippen LogP) is 1.29. The Kier molecular flexibility index (Phi) is 4.47. The fourth-order valence-corrected chi connectivity index (χ4v) is 3.00. The first-order chi connectivity index (χ1) is 9.06. The summed E-state index contributed by atoms with van der Waals surface area (Å²) in [6.45, 7) is 2.88. The smallest absolute Gasteiger partial charge is 0.235 e. The van der Waals surface area contributed by atoms with Crippen molar-refractivity contribution < 1.29 is 13.8 Å². The highest BCUT2D eigenvalue weighted by Gasteiger charge is 2.22. The van der Waals surface area contributed by atoms with Crippen molar-refractivity contribution in [3.8, 4) is 0 Å². The van der Waals surface area contributed by atoms with Crippen molar-refractivity contribution in [3.63, 3.8) is 0 Å². The first-order valence-electron chi connectivity index (χ1n) is 6.31. The quantitative estimate of drug-likeness (QED) is 0.838. The number of rotatable bonds is 3. The molecular weight excluding hydrogens is 262 g/mol. The highest BCUT2D eigenvalue weighted by atomic mass is 32.2. The molecule has 1 aliphatic heterocycles.